The highest BCUT2D eigenvalue weighted by Gasteiger charge is 2.02. The highest BCUT2D eigenvalue weighted by molar-refractivity contribution is 5.90. The third-order valence-corrected chi connectivity index (χ3v) is 2.59. The van der Waals surface area contributed by atoms with Crippen LogP contribution >= 0.6 is 0 Å². The predicted octanol–water partition coefficient (Wildman–Crippen LogP) is 3.29. The normalized spacial score (nSPS) is 10.6. The molecule has 2 aromatic carbocycles. The monoisotopic (exact) mass is 253 g/mol. The number of primary amides is 1. The average molecular weight is 253 g/mol. The molecule has 3 nitrogen and oxygen atoms in total. The lowest BCUT2D eigenvalue weighted by Gasteiger charge is -2.08. The first-order valence-electron chi connectivity index (χ1n) is 5.96. The summed E-state index contributed by atoms with van der Waals surface area (Å²) in [5.41, 5.74) is 7.08. The lowest BCUT2D eigenvalue weighted by Crippen LogP contribution is -2.05. The van der Waals surface area contributed by atoms with Crippen molar-refractivity contribution in [1.82, 2.24) is 0 Å². The zero-order chi connectivity index (χ0) is 13.7. The molecular formula is C16H15NO2. The van der Waals surface area contributed by atoms with Crippen LogP contribution in [-0.4, -0.2) is 5.91 Å². The maximum Gasteiger partial charge on any atom is 0.241 e. The second-order valence-corrected chi connectivity index (χ2v) is 4.19. The third-order valence-electron chi connectivity index (χ3n) is 2.59. The molecule has 0 heterocycles. The van der Waals surface area contributed by atoms with E-state index in [0.29, 0.717) is 5.75 Å². The van der Waals surface area contributed by atoms with Gasteiger partial charge in [0, 0.05) is 11.6 Å². The SMILES string of the molecule is Cc1ccc(Oc2ccccc2/C=C\C(N)=O)cc1. The summed E-state index contributed by atoms with van der Waals surface area (Å²) in [6.45, 7) is 2.02. The molecule has 96 valence electrons. The van der Waals surface area contributed by atoms with Crippen LogP contribution in [0.1, 0.15) is 11.1 Å². The number of hydrogen-bond acceptors (Lipinski definition) is 2. The molecule has 19 heavy (non-hydrogen) atoms. The second-order valence-electron chi connectivity index (χ2n) is 4.19. The summed E-state index contributed by atoms with van der Waals surface area (Å²) < 4.78 is 5.79. The van der Waals surface area contributed by atoms with E-state index in [0.717, 1.165) is 11.3 Å². The fourth-order valence-corrected chi connectivity index (χ4v) is 1.62. The van der Waals surface area contributed by atoms with E-state index in [-0.39, 0.29) is 0 Å². The summed E-state index contributed by atoms with van der Waals surface area (Å²) >= 11 is 0. The zero-order valence-electron chi connectivity index (χ0n) is 10.7. The molecule has 0 aliphatic carbocycles. The Labute approximate surface area is 112 Å². The van der Waals surface area contributed by atoms with Crippen LogP contribution < -0.4 is 10.5 Å². The molecule has 0 aromatic heterocycles. The van der Waals surface area contributed by atoms with Gasteiger partial charge in [0.1, 0.15) is 11.5 Å². The third kappa shape index (κ3) is 3.71. The van der Waals surface area contributed by atoms with Gasteiger partial charge in [0.05, 0.1) is 0 Å². The number of rotatable bonds is 4. The number of ether oxygens (including phenoxy) is 1. The summed E-state index contributed by atoms with van der Waals surface area (Å²) in [6.07, 6.45) is 2.96. The van der Waals surface area contributed by atoms with Crippen LogP contribution in [0.15, 0.2) is 54.6 Å². The van der Waals surface area contributed by atoms with Crippen LogP contribution in [0.2, 0.25) is 0 Å². The van der Waals surface area contributed by atoms with Crippen LogP contribution in [0.3, 0.4) is 0 Å². The number of carbonyl (C=O) groups is 1. The van der Waals surface area contributed by atoms with Gasteiger partial charge < -0.3 is 10.5 Å². The Hall–Kier alpha value is -2.55. The van der Waals surface area contributed by atoms with Crippen molar-refractivity contribution in [2.75, 3.05) is 0 Å². The Balaban J connectivity index is 2.24. The minimum atomic E-state index is -0.481. The first-order chi connectivity index (χ1) is 9.15. The van der Waals surface area contributed by atoms with E-state index in [1.807, 2.05) is 55.5 Å². The van der Waals surface area contributed by atoms with E-state index in [1.165, 1.54) is 11.6 Å². The molecule has 2 aromatic rings. The van der Waals surface area contributed by atoms with Crippen molar-refractivity contribution in [3.05, 3.63) is 65.7 Å². The van der Waals surface area contributed by atoms with Gasteiger partial charge in [-0.25, -0.2) is 0 Å². The first-order valence-corrected chi connectivity index (χ1v) is 5.96. The number of nitrogens with two attached hydrogens (primary N) is 1. The van der Waals surface area contributed by atoms with E-state index in [2.05, 4.69) is 0 Å². The molecule has 0 atom stereocenters. The van der Waals surface area contributed by atoms with Gasteiger partial charge >= 0.3 is 0 Å². The number of hydrogen-bond donors (Lipinski definition) is 1. The van der Waals surface area contributed by atoms with Crippen LogP contribution in [0.25, 0.3) is 6.08 Å². The van der Waals surface area contributed by atoms with E-state index in [4.69, 9.17) is 10.5 Å². The van der Waals surface area contributed by atoms with Crippen molar-refractivity contribution in [3.63, 3.8) is 0 Å². The van der Waals surface area contributed by atoms with Crippen molar-refractivity contribution in [1.29, 1.82) is 0 Å². The predicted molar refractivity (Wildman–Crippen MR) is 75.9 cm³/mol. The molecule has 0 spiro atoms. The van der Waals surface area contributed by atoms with Crippen molar-refractivity contribution < 1.29 is 9.53 Å². The topological polar surface area (TPSA) is 52.3 Å². The summed E-state index contributed by atoms with van der Waals surface area (Å²) in [7, 11) is 0. The minimum Gasteiger partial charge on any atom is -0.457 e. The molecule has 0 saturated heterocycles. The molecule has 3 heteroatoms. The van der Waals surface area contributed by atoms with Gasteiger partial charge in [-0.2, -0.15) is 0 Å². The number of aryl methyl sites for hydroxylation is 1. The number of para-hydroxylation sites is 1. The summed E-state index contributed by atoms with van der Waals surface area (Å²) in [4.78, 5) is 10.8. The van der Waals surface area contributed by atoms with Gasteiger partial charge in [-0.3, -0.25) is 4.79 Å². The van der Waals surface area contributed by atoms with Crippen molar-refractivity contribution in [2.45, 2.75) is 6.92 Å². The lowest BCUT2D eigenvalue weighted by atomic mass is 10.2. The lowest BCUT2D eigenvalue weighted by molar-refractivity contribution is -0.113. The van der Waals surface area contributed by atoms with Crippen LogP contribution in [0.5, 0.6) is 11.5 Å². The molecule has 0 aliphatic heterocycles. The Morgan fingerprint density at radius 3 is 2.47 bits per heavy atom. The molecule has 0 unspecified atom stereocenters. The van der Waals surface area contributed by atoms with Gasteiger partial charge in [-0.15, -0.1) is 0 Å². The van der Waals surface area contributed by atoms with Crippen molar-refractivity contribution >= 4 is 12.0 Å². The van der Waals surface area contributed by atoms with E-state index >= 15 is 0 Å². The van der Waals surface area contributed by atoms with Gasteiger partial charge in [-0.05, 0) is 31.2 Å². The summed E-state index contributed by atoms with van der Waals surface area (Å²) in [5.74, 6) is 0.958. The second kappa shape index (κ2) is 5.87. The molecular weight excluding hydrogens is 238 g/mol. The quantitative estimate of drug-likeness (QED) is 0.850. The van der Waals surface area contributed by atoms with Gasteiger partial charge in [0.25, 0.3) is 0 Å². The highest BCUT2D eigenvalue weighted by Crippen LogP contribution is 2.26. The largest absolute Gasteiger partial charge is 0.457 e. The fourth-order valence-electron chi connectivity index (χ4n) is 1.62. The van der Waals surface area contributed by atoms with Gasteiger partial charge in [0.2, 0.25) is 5.91 Å². The molecule has 2 N–H and O–H groups in total. The minimum absolute atomic E-state index is 0.481. The number of benzene rings is 2. The Bertz CT molecular complexity index is 600. The molecule has 0 fully saturated rings. The van der Waals surface area contributed by atoms with Crippen LogP contribution in [-0.2, 0) is 4.79 Å². The van der Waals surface area contributed by atoms with E-state index < -0.39 is 5.91 Å². The molecule has 1 amide bonds. The first kappa shape index (κ1) is 12.9. The average Bonchev–Trinajstić information content (AvgIpc) is 2.40. The van der Waals surface area contributed by atoms with Crippen molar-refractivity contribution in [2.24, 2.45) is 5.73 Å². The number of carbonyl (C=O) groups excluding carboxylic acids is 1. The standard InChI is InChI=1S/C16H15NO2/c1-12-6-9-14(10-7-12)19-15-5-3-2-4-13(15)8-11-16(17)18/h2-11H,1H3,(H2,17,18)/b11-8-. The fraction of sp³-hybridized carbons (Fsp3) is 0.0625. The molecule has 2 rings (SSSR count). The van der Waals surface area contributed by atoms with Crippen LogP contribution in [0, 0.1) is 6.92 Å². The Morgan fingerprint density at radius 1 is 1.11 bits per heavy atom. The highest BCUT2D eigenvalue weighted by atomic mass is 16.5. The van der Waals surface area contributed by atoms with Crippen LogP contribution in [0.4, 0.5) is 0 Å². The molecule has 0 aliphatic rings. The molecule has 0 bridgehead atoms. The summed E-state index contributed by atoms with van der Waals surface area (Å²) in [6, 6.07) is 15.2. The van der Waals surface area contributed by atoms with E-state index in [9.17, 15) is 4.79 Å². The summed E-state index contributed by atoms with van der Waals surface area (Å²) in [5, 5.41) is 0. The molecule has 0 saturated carbocycles. The smallest absolute Gasteiger partial charge is 0.241 e. The van der Waals surface area contributed by atoms with E-state index in [1.54, 1.807) is 6.08 Å². The molecule has 0 radical (unpaired) electrons. The van der Waals surface area contributed by atoms with Gasteiger partial charge in [-0.1, -0.05) is 35.9 Å². The number of amides is 1. The Morgan fingerprint density at radius 2 is 1.79 bits per heavy atom. The van der Waals surface area contributed by atoms with Gasteiger partial charge in [0.15, 0.2) is 0 Å². The van der Waals surface area contributed by atoms with Crippen molar-refractivity contribution in [3.8, 4) is 11.5 Å². The Kier molecular flexibility index (Phi) is 3.98. The maximum absolute atomic E-state index is 10.8. The zero-order valence-corrected chi connectivity index (χ0v) is 10.7. The maximum atomic E-state index is 10.8.